The third-order valence-electron chi connectivity index (χ3n) is 11.5. The predicted octanol–water partition coefficient (Wildman–Crippen LogP) is 7.27. The first kappa shape index (κ1) is 39.5. The van der Waals surface area contributed by atoms with Crippen molar-refractivity contribution >= 4 is 23.0 Å². The minimum atomic E-state index is -0.931. The molecular formula is C46H47F2N6O6-. The molecular weight excluding hydrogens is 771 g/mol. The number of aliphatic carboxylic acids is 1. The van der Waals surface area contributed by atoms with Gasteiger partial charge in [0.05, 0.1) is 25.7 Å². The van der Waals surface area contributed by atoms with Gasteiger partial charge in [-0.1, -0.05) is 30.1 Å². The summed E-state index contributed by atoms with van der Waals surface area (Å²) >= 11 is 0. The number of nitrogens with one attached hydrogen (secondary N) is 1. The lowest BCUT2D eigenvalue weighted by Gasteiger charge is -2.30. The van der Waals surface area contributed by atoms with Crippen LogP contribution in [0.4, 0.5) is 8.78 Å². The van der Waals surface area contributed by atoms with Gasteiger partial charge in [0.1, 0.15) is 47.8 Å². The molecule has 4 aromatic rings. The Morgan fingerprint density at radius 3 is 1.92 bits per heavy atom. The average molecular weight is 818 g/mol. The Kier molecular flexibility index (Phi) is 11.7. The molecule has 2 N–H and O–H groups in total. The maximum Gasteiger partial charge on any atom is 0.306 e. The maximum atomic E-state index is 14.0. The first-order valence-electron chi connectivity index (χ1n) is 20.6. The zero-order chi connectivity index (χ0) is 41.0. The highest BCUT2D eigenvalue weighted by Crippen LogP contribution is 2.42. The van der Waals surface area contributed by atoms with Crippen molar-refractivity contribution in [2.45, 2.75) is 38.1 Å². The van der Waals surface area contributed by atoms with Crippen LogP contribution in [0.3, 0.4) is 0 Å². The smallest absolute Gasteiger partial charge is 0.306 e. The molecule has 5 heterocycles. The van der Waals surface area contributed by atoms with Crippen LogP contribution in [-0.2, 0) is 4.79 Å². The van der Waals surface area contributed by atoms with Gasteiger partial charge < -0.3 is 39.7 Å². The van der Waals surface area contributed by atoms with E-state index in [9.17, 15) is 13.6 Å². The van der Waals surface area contributed by atoms with Gasteiger partial charge in [0, 0.05) is 43.7 Å². The normalized spacial score (nSPS) is 19.1. The Morgan fingerprint density at radius 1 is 0.767 bits per heavy atom. The molecule has 0 aromatic heterocycles. The largest absolute Gasteiger partial charge is 0.493 e. The van der Waals surface area contributed by atoms with E-state index in [-0.39, 0.29) is 30.7 Å². The fourth-order valence-corrected chi connectivity index (χ4v) is 8.60. The van der Waals surface area contributed by atoms with E-state index >= 15 is 0 Å². The number of carbonyl (C=O) groups is 1. The van der Waals surface area contributed by atoms with Gasteiger partial charge in [-0.2, -0.15) is 0 Å². The number of likely N-dealkylation sites (tertiary alicyclic amines) is 2. The third-order valence-corrected chi connectivity index (χ3v) is 11.5. The molecule has 0 amide bonds. The third kappa shape index (κ3) is 8.96. The number of hydrazine groups is 1. The van der Waals surface area contributed by atoms with E-state index in [4.69, 9.17) is 29.2 Å². The van der Waals surface area contributed by atoms with E-state index < -0.39 is 5.97 Å². The molecule has 0 bridgehead atoms. The highest BCUT2D eigenvalue weighted by atomic mass is 19.1. The number of hydrogen-bond acceptors (Lipinski definition) is 10. The van der Waals surface area contributed by atoms with Crippen LogP contribution >= 0.6 is 0 Å². The molecule has 0 saturated carbocycles. The Bertz CT molecular complexity index is 2310. The van der Waals surface area contributed by atoms with E-state index in [1.54, 1.807) is 18.2 Å². The SMILES string of the molecule is O=C(O)CCOc1ccc2c(c1)C(c1ccc(F)cc1)=C(CN1CCC(N3N=C(CCOc4ccc5c(c4)C(c4ccc(F)cc4)=C(CN4CCCC4)CO5)[N-]N3)C1)CO2. The average Bonchev–Trinajstić information content (AvgIpc) is 4.05. The van der Waals surface area contributed by atoms with Crippen molar-refractivity contribution in [3.8, 4) is 23.0 Å². The van der Waals surface area contributed by atoms with Crippen molar-refractivity contribution < 1.29 is 37.6 Å². The van der Waals surface area contributed by atoms with Gasteiger partial charge in [0.15, 0.2) is 0 Å². The molecule has 4 aromatic carbocycles. The predicted molar refractivity (Wildman–Crippen MR) is 223 cm³/mol. The summed E-state index contributed by atoms with van der Waals surface area (Å²) in [7, 11) is 0. The molecule has 1 unspecified atom stereocenters. The highest BCUT2D eigenvalue weighted by Gasteiger charge is 2.30. The molecule has 1 atom stereocenters. The number of carboxylic acid groups (broad SMARTS) is 1. The van der Waals surface area contributed by atoms with Crippen LogP contribution in [0.1, 0.15) is 54.4 Å². The van der Waals surface area contributed by atoms with Crippen LogP contribution < -0.4 is 24.5 Å². The number of fused-ring (bicyclic) bond motifs is 2. The summed E-state index contributed by atoms with van der Waals surface area (Å²) in [6, 6.07) is 24.6. The Balaban J connectivity index is 0.844. The van der Waals surface area contributed by atoms with Gasteiger partial charge in [-0.05, 0) is 126 Å². The summed E-state index contributed by atoms with van der Waals surface area (Å²) in [4.78, 5) is 15.9. The lowest BCUT2D eigenvalue weighted by molar-refractivity contribution is -0.137. The molecule has 0 radical (unpaired) electrons. The second-order valence-electron chi connectivity index (χ2n) is 15.7. The molecule has 9 rings (SSSR count). The van der Waals surface area contributed by atoms with Gasteiger partial charge in [0.25, 0.3) is 0 Å². The van der Waals surface area contributed by atoms with Gasteiger partial charge in [0.2, 0.25) is 0 Å². The number of halogens is 2. The fourth-order valence-electron chi connectivity index (χ4n) is 8.60. The number of nitrogens with zero attached hydrogens (tertiary/aromatic N) is 5. The number of benzene rings is 4. The molecule has 312 valence electrons. The lowest BCUT2D eigenvalue weighted by Crippen LogP contribution is -2.39. The summed E-state index contributed by atoms with van der Waals surface area (Å²) in [5, 5.41) is 15.7. The Morgan fingerprint density at radius 2 is 1.33 bits per heavy atom. The number of amidine groups is 1. The van der Waals surface area contributed by atoms with Crippen LogP contribution in [-0.4, -0.2) is 104 Å². The lowest BCUT2D eigenvalue weighted by atomic mass is 9.90. The minimum Gasteiger partial charge on any atom is -0.493 e. The van der Waals surface area contributed by atoms with Gasteiger partial charge >= 0.3 is 5.97 Å². The van der Waals surface area contributed by atoms with Crippen LogP contribution in [0.25, 0.3) is 16.6 Å². The minimum absolute atomic E-state index is 0.0452. The number of hydrazone groups is 1. The molecule has 60 heavy (non-hydrogen) atoms. The van der Waals surface area contributed by atoms with E-state index in [2.05, 4.69) is 20.8 Å². The maximum absolute atomic E-state index is 14.0. The Hall–Kier alpha value is -5.96. The zero-order valence-electron chi connectivity index (χ0n) is 33.2. The van der Waals surface area contributed by atoms with E-state index in [1.165, 1.54) is 42.7 Å². The van der Waals surface area contributed by atoms with Crippen LogP contribution in [0.2, 0.25) is 0 Å². The van der Waals surface area contributed by atoms with Crippen LogP contribution in [0.15, 0.2) is 101 Å². The fraction of sp³-hybridized carbons (Fsp3) is 0.348. The van der Waals surface area contributed by atoms with Gasteiger partial charge in [-0.25, -0.2) is 14.3 Å². The molecule has 2 saturated heterocycles. The van der Waals surface area contributed by atoms with Crippen molar-refractivity contribution in [3.63, 3.8) is 0 Å². The second kappa shape index (κ2) is 17.7. The monoisotopic (exact) mass is 817 g/mol. The van der Waals surface area contributed by atoms with E-state index in [0.29, 0.717) is 55.9 Å². The second-order valence-corrected chi connectivity index (χ2v) is 15.7. The van der Waals surface area contributed by atoms with Crippen molar-refractivity contribution in [1.29, 1.82) is 0 Å². The molecule has 2 fully saturated rings. The molecule has 14 heteroatoms. The number of rotatable bonds is 15. The number of ether oxygens (including phenoxy) is 4. The highest BCUT2D eigenvalue weighted by molar-refractivity contribution is 5.94. The molecule has 5 aliphatic heterocycles. The summed E-state index contributed by atoms with van der Waals surface area (Å²) in [6.45, 7) is 6.44. The van der Waals surface area contributed by atoms with Crippen molar-refractivity contribution in [2.75, 3.05) is 65.7 Å². The van der Waals surface area contributed by atoms with Crippen molar-refractivity contribution in [2.24, 2.45) is 5.10 Å². The van der Waals surface area contributed by atoms with Gasteiger partial charge in [-0.15, -0.1) is 0 Å². The standard InChI is InChI=1S/C46H48F2N6O6/c47-34-7-3-30(4-8-34)45-32(25-52-18-1-2-19-52)28-59-41-13-11-37(23-39(41)45)57-21-16-43-49-51-54(50-43)36-15-20-53(27-36)26-33-29-60-42-14-12-38(58-22-17-44(55)56)24-40(42)46(33)31-5-9-35(48)10-6-31/h3-14,23-24,36,51H,1-2,15-22,25-29H2,(H2,49,50,55,56)/p-1. The quantitative estimate of drug-likeness (QED) is 0.127. The Labute approximate surface area is 347 Å². The van der Waals surface area contributed by atoms with Crippen molar-refractivity contribution in [3.05, 3.63) is 135 Å². The van der Waals surface area contributed by atoms with Crippen LogP contribution in [0.5, 0.6) is 23.0 Å². The van der Waals surface area contributed by atoms with Gasteiger partial charge in [-0.3, -0.25) is 14.6 Å². The van der Waals surface area contributed by atoms with E-state index in [1.807, 2.05) is 47.6 Å². The molecule has 12 nitrogen and oxygen atoms in total. The summed E-state index contributed by atoms with van der Waals surface area (Å²) in [5.41, 5.74) is 15.5. The first-order valence-corrected chi connectivity index (χ1v) is 20.6. The summed E-state index contributed by atoms with van der Waals surface area (Å²) in [6.07, 6.45) is 3.65. The van der Waals surface area contributed by atoms with Crippen molar-refractivity contribution in [1.82, 2.24) is 20.5 Å². The summed E-state index contributed by atoms with van der Waals surface area (Å²) < 4.78 is 52.5. The number of carboxylic acids is 1. The summed E-state index contributed by atoms with van der Waals surface area (Å²) in [5.74, 6) is 1.85. The molecule has 0 aliphatic carbocycles. The zero-order valence-corrected chi connectivity index (χ0v) is 33.2. The molecule has 0 spiro atoms. The number of hydrogen-bond donors (Lipinski definition) is 2. The topological polar surface area (TPSA) is 122 Å². The van der Waals surface area contributed by atoms with Crippen LogP contribution in [0, 0.1) is 11.6 Å². The molecule has 5 aliphatic rings. The first-order chi connectivity index (χ1) is 29.3. The van der Waals surface area contributed by atoms with E-state index in [0.717, 1.165) is 83.9 Å².